The highest BCUT2D eigenvalue weighted by molar-refractivity contribution is 6.30. The van der Waals surface area contributed by atoms with Crippen molar-refractivity contribution in [2.24, 2.45) is 0 Å². The second kappa shape index (κ2) is 7.63. The lowest BCUT2D eigenvalue weighted by molar-refractivity contribution is -0.158. The van der Waals surface area contributed by atoms with Crippen molar-refractivity contribution in [3.8, 4) is 0 Å². The molecule has 0 saturated carbocycles. The molecule has 1 unspecified atom stereocenters. The largest absolute Gasteiger partial charge is 0.407 e. The van der Waals surface area contributed by atoms with Crippen molar-refractivity contribution in [1.29, 1.82) is 0 Å². The van der Waals surface area contributed by atoms with Gasteiger partial charge in [0.05, 0.1) is 12.2 Å². The highest BCUT2D eigenvalue weighted by Gasteiger charge is 2.40. The summed E-state index contributed by atoms with van der Waals surface area (Å²) < 4.78 is 52.9. The Kier molecular flexibility index (Phi) is 5.80. The minimum absolute atomic E-state index is 0.0181. The predicted molar refractivity (Wildman–Crippen MR) is 83.3 cm³/mol. The van der Waals surface area contributed by atoms with Crippen LogP contribution in [0.4, 0.5) is 23.2 Å². The number of halogens is 5. The van der Waals surface area contributed by atoms with E-state index in [-0.39, 0.29) is 16.3 Å². The van der Waals surface area contributed by atoms with Crippen LogP contribution in [0.2, 0.25) is 5.02 Å². The Bertz CT molecular complexity index is 707. The summed E-state index contributed by atoms with van der Waals surface area (Å²) in [6.07, 6.45) is -4.58. The van der Waals surface area contributed by atoms with Crippen molar-refractivity contribution in [2.45, 2.75) is 12.2 Å². The lowest BCUT2D eigenvalue weighted by atomic mass is 10.1. The number of carbonyl (C=O) groups excluding carboxylic acids is 1. The number of carbonyl (C=O) groups is 1. The molecule has 24 heavy (non-hydrogen) atoms. The van der Waals surface area contributed by atoms with Crippen molar-refractivity contribution in [3.05, 3.63) is 64.9 Å². The van der Waals surface area contributed by atoms with Crippen molar-refractivity contribution >= 4 is 23.2 Å². The third-order valence-corrected chi connectivity index (χ3v) is 3.37. The van der Waals surface area contributed by atoms with E-state index in [4.69, 9.17) is 11.6 Å². The molecule has 1 atom stereocenters. The second-order valence-corrected chi connectivity index (χ2v) is 5.37. The monoisotopic (exact) mass is 360 g/mol. The fourth-order valence-corrected chi connectivity index (χ4v) is 2.21. The van der Waals surface area contributed by atoms with Crippen LogP contribution in [0.15, 0.2) is 48.5 Å². The minimum Gasteiger partial charge on any atom is -0.322 e. The molecule has 0 aromatic heterocycles. The van der Waals surface area contributed by atoms with Crippen LogP contribution in [0.1, 0.15) is 11.6 Å². The molecular weight excluding hydrogens is 348 g/mol. The molecular formula is C16H13ClF4N2O. The first-order valence-corrected chi connectivity index (χ1v) is 7.25. The standard InChI is InChI=1S/C16H13ClF4N2O/c17-11-6-7-13(12(18)8-11)23-14(24)9-22-15(16(19,20)21)10-4-2-1-3-5-10/h1-8,15,22H,9H2,(H,23,24). The summed E-state index contributed by atoms with van der Waals surface area (Å²) in [5.74, 6) is -1.58. The Balaban J connectivity index is 2.02. The second-order valence-electron chi connectivity index (χ2n) is 4.94. The van der Waals surface area contributed by atoms with Crippen LogP contribution in [0.3, 0.4) is 0 Å². The molecule has 0 heterocycles. The molecule has 2 N–H and O–H groups in total. The maximum Gasteiger partial charge on any atom is 0.407 e. The van der Waals surface area contributed by atoms with Gasteiger partial charge in [0.2, 0.25) is 5.91 Å². The number of anilines is 1. The topological polar surface area (TPSA) is 41.1 Å². The van der Waals surface area contributed by atoms with E-state index in [0.29, 0.717) is 0 Å². The van der Waals surface area contributed by atoms with Crippen molar-refractivity contribution in [1.82, 2.24) is 5.32 Å². The summed E-state index contributed by atoms with van der Waals surface area (Å²) in [4.78, 5) is 11.8. The van der Waals surface area contributed by atoms with E-state index >= 15 is 0 Å². The smallest absolute Gasteiger partial charge is 0.322 e. The van der Waals surface area contributed by atoms with Crippen LogP contribution in [-0.2, 0) is 4.79 Å². The van der Waals surface area contributed by atoms with Gasteiger partial charge >= 0.3 is 6.18 Å². The maximum atomic E-state index is 13.6. The average Bonchev–Trinajstić information content (AvgIpc) is 2.50. The Morgan fingerprint density at radius 2 is 1.79 bits per heavy atom. The molecule has 8 heteroatoms. The van der Waals surface area contributed by atoms with E-state index in [0.717, 1.165) is 6.07 Å². The van der Waals surface area contributed by atoms with Crippen LogP contribution in [0.5, 0.6) is 0 Å². The Hall–Kier alpha value is -2.12. The number of nitrogens with one attached hydrogen (secondary N) is 2. The molecule has 0 aliphatic carbocycles. The van der Waals surface area contributed by atoms with Gasteiger partial charge < -0.3 is 5.32 Å². The highest BCUT2D eigenvalue weighted by atomic mass is 35.5. The summed E-state index contributed by atoms with van der Waals surface area (Å²) in [5, 5.41) is 4.48. The Morgan fingerprint density at radius 3 is 2.38 bits per heavy atom. The number of benzene rings is 2. The van der Waals surface area contributed by atoms with Crippen LogP contribution in [0.25, 0.3) is 0 Å². The SMILES string of the molecule is O=C(CNC(c1ccccc1)C(F)(F)F)Nc1ccc(Cl)cc1F. The molecule has 2 aromatic rings. The molecule has 2 aromatic carbocycles. The zero-order valence-electron chi connectivity index (χ0n) is 12.2. The molecule has 0 radical (unpaired) electrons. The van der Waals surface area contributed by atoms with Crippen molar-refractivity contribution in [3.63, 3.8) is 0 Å². The number of amides is 1. The van der Waals surface area contributed by atoms with E-state index < -0.39 is 30.5 Å². The minimum atomic E-state index is -4.58. The van der Waals surface area contributed by atoms with Gasteiger partial charge in [0.15, 0.2) is 0 Å². The molecule has 0 spiro atoms. The molecule has 0 aliphatic rings. The Labute approximate surface area is 140 Å². The van der Waals surface area contributed by atoms with E-state index in [9.17, 15) is 22.4 Å². The van der Waals surface area contributed by atoms with Gasteiger partial charge in [-0.1, -0.05) is 41.9 Å². The van der Waals surface area contributed by atoms with Gasteiger partial charge in [-0.15, -0.1) is 0 Å². The molecule has 2 rings (SSSR count). The van der Waals surface area contributed by atoms with Gasteiger partial charge in [0, 0.05) is 5.02 Å². The third kappa shape index (κ3) is 4.94. The average molecular weight is 361 g/mol. The fraction of sp³-hybridized carbons (Fsp3) is 0.188. The van der Waals surface area contributed by atoms with E-state index in [1.54, 1.807) is 6.07 Å². The zero-order valence-corrected chi connectivity index (χ0v) is 13.0. The maximum absolute atomic E-state index is 13.6. The van der Waals surface area contributed by atoms with Crippen molar-refractivity contribution < 1.29 is 22.4 Å². The van der Waals surface area contributed by atoms with Gasteiger partial charge in [0.1, 0.15) is 11.9 Å². The number of rotatable bonds is 5. The molecule has 0 fully saturated rings. The zero-order chi connectivity index (χ0) is 17.7. The van der Waals surface area contributed by atoms with Crippen LogP contribution >= 0.6 is 11.6 Å². The highest BCUT2D eigenvalue weighted by Crippen LogP contribution is 2.32. The lowest BCUT2D eigenvalue weighted by Crippen LogP contribution is -2.38. The first-order chi connectivity index (χ1) is 11.3. The Morgan fingerprint density at radius 1 is 1.12 bits per heavy atom. The van der Waals surface area contributed by atoms with Crippen LogP contribution in [0, 0.1) is 5.82 Å². The molecule has 1 amide bonds. The van der Waals surface area contributed by atoms with Crippen LogP contribution < -0.4 is 10.6 Å². The summed E-state index contributed by atoms with van der Waals surface area (Å²) >= 11 is 5.58. The molecule has 128 valence electrons. The summed E-state index contributed by atoms with van der Waals surface area (Å²) in [6, 6.07) is 8.73. The van der Waals surface area contributed by atoms with Crippen LogP contribution in [-0.4, -0.2) is 18.6 Å². The van der Waals surface area contributed by atoms with E-state index in [1.807, 2.05) is 0 Å². The summed E-state index contributed by atoms with van der Waals surface area (Å²) in [7, 11) is 0. The van der Waals surface area contributed by atoms with Gasteiger partial charge in [-0.2, -0.15) is 13.2 Å². The summed E-state index contributed by atoms with van der Waals surface area (Å²) in [5.41, 5.74) is -0.176. The van der Waals surface area contributed by atoms with Gasteiger partial charge in [0.25, 0.3) is 0 Å². The normalized spacial score (nSPS) is 12.7. The molecule has 0 saturated heterocycles. The molecule has 3 nitrogen and oxygen atoms in total. The van der Waals surface area contributed by atoms with E-state index in [1.165, 1.54) is 36.4 Å². The van der Waals surface area contributed by atoms with Crippen molar-refractivity contribution in [2.75, 3.05) is 11.9 Å². The molecule has 0 aliphatic heterocycles. The van der Waals surface area contributed by atoms with Gasteiger partial charge in [-0.25, -0.2) is 4.39 Å². The lowest BCUT2D eigenvalue weighted by Gasteiger charge is -2.22. The fourth-order valence-electron chi connectivity index (χ4n) is 2.05. The van der Waals surface area contributed by atoms with Gasteiger partial charge in [-0.3, -0.25) is 10.1 Å². The predicted octanol–water partition coefficient (Wildman–Crippen LogP) is 4.31. The molecule has 0 bridgehead atoms. The quantitative estimate of drug-likeness (QED) is 0.780. The summed E-state index contributed by atoms with van der Waals surface area (Å²) in [6.45, 7) is -0.638. The van der Waals surface area contributed by atoms with Gasteiger partial charge in [-0.05, 0) is 23.8 Å². The number of alkyl halides is 3. The number of hydrogen-bond donors (Lipinski definition) is 2. The third-order valence-electron chi connectivity index (χ3n) is 3.13. The first-order valence-electron chi connectivity index (χ1n) is 6.87. The first kappa shape index (κ1) is 18.2. The van der Waals surface area contributed by atoms with E-state index in [2.05, 4.69) is 10.6 Å². The number of hydrogen-bond acceptors (Lipinski definition) is 2.